The van der Waals surface area contributed by atoms with Gasteiger partial charge in [-0.25, -0.2) is 4.98 Å². The molecule has 0 bridgehead atoms. The minimum absolute atomic E-state index is 0.270. The number of thiazole rings is 1. The summed E-state index contributed by atoms with van der Waals surface area (Å²) in [5.74, 6) is 2.86. The number of ether oxygens (including phenoxy) is 5. The van der Waals surface area contributed by atoms with Crippen molar-refractivity contribution in [3.63, 3.8) is 0 Å². The van der Waals surface area contributed by atoms with Crippen LogP contribution in [0.3, 0.4) is 0 Å². The molecule has 1 aliphatic rings. The summed E-state index contributed by atoms with van der Waals surface area (Å²) in [4.78, 5) is 14.4. The summed E-state index contributed by atoms with van der Waals surface area (Å²) in [5, 5.41) is 4.59. The van der Waals surface area contributed by atoms with E-state index in [4.69, 9.17) is 33.7 Å². The second-order valence-electron chi connectivity index (χ2n) is 10.5. The molecule has 2 aromatic carbocycles. The van der Waals surface area contributed by atoms with Crippen LogP contribution in [-0.2, 0) is 9.47 Å². The molecule has 0 spiro atoms. The van der Waals surface area contributed by atoms with Crippen molar-refractivity contribution in [2.45, 2.75) is 58.8 Å². The largest absolute Gasteiger partial charge is 0.496 e. The smallest absolute Gasteiger partial charge is 0.324 e. The third-order valence-electron chi connectivity index (χ3n) is 7.13. The Morgan fingerprint density at radius 1 is 0.878 bits per heavy atom. The van der Waals surface area contributed by atoms with Crippen molar-refractivity contribution in [3.05, 3.63) is 48.2 Å². The van der Waals surface area contributed by atoms with Crippen LogP contribution in [0.1, 0.15) is 45.7 Å². The highest BCUT2D eigenvalue weighted by Gasteiger charge is 2.25. The van der Waals surface area contributed by atoms with E-state index in [-0.39, 0.29) is 6.01 Å². The number of hydrogen-bond acceptors (Lipinski definition) is 10. The van der Waals surface area contributed by atoms with Gasteiger partial charge in [0.25, 0.3) is 0 Å². The Morgan fingerprint density at radius 2 is 1.54 bits per heavy atom. The topological polar surface area (TPSA) is 96.9 Å². The molecule has 1 fully saturated rings. The molecular formula is C31H40N4O5S. The summed E-state index contributed by atoms with van der Waals surface area (Å²) in [7, 11) is 6.44. The number of aryl methyl sites for hydroxylation is 1. The van der Waals surface area contributed by atoms with Crippen LogP contribution in [0.5, 0.6) is 23.3 Å². The molecule has 1 aliphatic carbocycles. The van der Waals surface area contributed by atoms with Gasteiger partial charge in [-0.05, 0) is 58.1 Å². The maximum atomic E-state index is 6.08. The lowest BCUT2D eigenvalue weighted by Gasteiger charge is -2.19. The number of benzene rings is 2. The second kappa shape index (κ2) is 13.5. The highest BCUT2D eigenvalue weighted by atomic mass is 32.1. The molecule has 4 aromatic rings. The zero-order valence-corrected chi connectivity index (χ0v) is 25.9. The first-order valence-corrected chi connectivity index (χ1v) is 14.5. The van der Waals surface area contributed by atoms with Crippen molar-refractivity contribution < 1.29 is 23.7 Å². The summed E-state index contributed by atoms with van der Waals surface area (Å²) in [6, 6.07) is 14.2. The Bertz CT molecular complexity index is 1400. The summed E-state index contributed by atoms with van der Waals surface area (Å²) < 4.78 is 27.7. The van der Waals surface area contributed by atoms with Crippen LogP contribution < -0.4 is 19.5 Å². The Labute approximate surface area is 246 Å². The van der Waals surface area contributed by atoms with E-state index in [9.17, 15) is 0 Å². The molecule has 1 saturated carbocycles. The van der Waals surface area contributed by atoms with Crippen molar-refractivity contribution in [2.24, 2.45) is 5.92 Å². The number of anilines is 1. The summed E-state index contributed by atoms with van der Waals surface area (Å²) >= 11 is 1.65. The van der Waals surface area contributed by atoms with E-state index in [1.165, 1.54) is 6.42 Å². The van der Waals surface area contributed by atoms with Gasteiger partial charge in [0.2, 0.25) is 0 Å². The first-order valence-electron chi connectivity index (χ1n) is 13.7. The number of para-hydroxylation sites is 1. The average Bonchev–Trinajstić information content (AvgIpc) is 3.58. The van der Waals surface area contributed by atoms with Gasteiger partial charge in [-0.2, -0.15) is 9.97 Å². The third-order valence-corrected chi connectivity index (χ3v) is 8.18. The molecule has 220 valence electrons. The SMILES string of the molecule is COC(C)(C)OC.COc1cc(OC)cc(Oc2nc(C)c(-c3nc4ccccc4s3)c(NC3CCC(C)C3)n2)c1. The molecule has 41 heavy (non-hydrogen) atoms. The van der Waals surface area contributed by atoms with Crippen molar-refractivity contribution in [2.75, 3.05) is 33.8 Å². The molecule has 2 aromatic heterocycles. The second-order valence-corrected chi connectivity index (χ2v) is 11.6. The van der Waals surface area contributed by atoms with Crippen molar-refractivity contribution in [3.8, 4) is 33.8 Å². The molecule has 0 radical (unpaired) electrons. The quantitative estimate of drug-likeness (QED) is 0.202. The van der Waals surface area contributed by atoms with Gasteiger partial charge in [0.15, 0.2) is 5.79 Å². The van der Waals surface area contributed by atoms with Gasteiger partial charge in [0, 0.05) is 38.5 Å². The van der Waals surface area contributed by atoms with Gasteiger partial charge >= 0.3 is 6.01 Å². The highest BCUT2D eigenvalue weighted by molar-refractivity contribution is 7.21. The molecule has 10 heteroatoms. The lowest BCUT2D eigenvalue weighted by molar-refractivity contribution is -0.178. The van der Waals surface area contributed by atoms with Gasteiger partial charge in [0.1, 0.15) is 28.1 Å². The van der Waals surface area contributed by atoms with Gasteiger partial charge in [-0.15, -0.1) is 11.3 Å². The number of nitrogens with one attached hydrogen (secondary N) is 1. The van der Waals surface area contributed by atoms with Crippen molar-refractivity contribution in [1.29, 1.82) is 0 Å². The van der Waals surface area contributed by atoms with Crippen LogP contribution in [0.4, 0.5) is 5.82 Å². The van der Waals surface area contributed by atoms with Crippen molar-refractivity contribution >= 4 is 27.4 Å². The number of methoxy groups -OCH3 is 4. The lowest BCUT2D eigenvalue weighted by atomic mass is 10.1. The fourth-order valence-electron chi connectivity index (χ4n) is 4.49. The van der Waals surface area contributed by atoms with Gasteiger partial charge < -0.3 is 29.0 Å². The van der Waals surface area contributed by atoms with E-state index in [1.807, 2.05) is 39.0 Å². The molecule has 0 aliphatic heterocycles. The number of hydrogen-bond donors (Lipinski definition) is 1. The monoisotopic (exact) mass is 580 g/mol. The standard InChI is InChI=1S/C26H28N4O3S.C5H12O2/c1-15-9-10-17(11-15)28-24-23(25-29-21-7-5-6-8-22(21)34-25)16(2)27-26(30-24)33-20-13-18(31-3)12-19(14-20)32-4;1-5(2,6-3)7-4/h5-8,12-15,17H,9-11H2,1-4H3,(H,27,28,30);1-4H3. The normalized spacial score (nSPS) is 16.7. The van der Waals surface area contributed by atoms with Gasteiger partial charge in [0.05, 0.1) is 35.7 Å². The van der Waals surface area contributed by atoms with E-state index in [0.717, 1.165) is 45.1 Å². The van der Waals surface area contributed by atoms with Crippen LogP contribution in [0, 0.1) is 12.8 Å². The fourth-order valence-corrected chi connectivity index (χ4v) is 5.56. The number of aromatic nitrogens is 3. The predicted octanol–water partition coefficient (Wildman–Crippen LogP) is 7.49. The van der Waals surface area contributed by atoms with E-state index < -0.39 is 5.79 Å². The van der Waals surface area contributed by atoms with E-state index >= 15 is 0 Å². The van der Waals surface area contributed by atoms with Crippen LogP contribution in [0.25, 0.3) is 20.8 Å². The summed E-state index contributed by atoms with van der Waals surface area (Å²) in [5.41, 5.74) is 2.72. The molecule has 2 atom stereocenters. The fraction of sp³-hybridized carbons (Fsp3) is 0.452. The highest BCUT2D eigenvalue weighted by Crippen LogP contribution is 2.39. The first kappa shape index (κ1) is 30.5. The molecule has 1 N–H and O–H groups in total. The first-order chi connectivity index (χ1) is 19.6. The summed E-state index contributed by atoms with van der Waals surface area (Å²) in [6.07, 6.45) is 3.45. The van der Waals surface area contributed by atoms with Crippen molar-refractivity contribution in [1.82, 2.24) is 15.0 Å². The van der Waals surface area contributed by atoms with E-state index in [0.29, 0.717) is 29.2 Å². The van der Waals surface area contributed by atoms with E-state index in [1.54, 1.807) is 58.0 Å². The molecule has 0 saturated heterocycles. The molecule has 9 nitrogen and oxygen atoms in total. The third kappa shape index (κ3) is 7.84. The Hall–Kier alpha value is -3.47. The average molecular weight is 581 g/mol. The van der Waals surface area contributed by atoms with Crippen LogP contribution in [-0.4, -0.2) is 55.2 Å². The Morgan fingerprint density at radius 3 is 2.10 bits per heavy atom. The van der Waals surface area contributed by atoms with Crippen LogP contribution >= 0.6 is 11.3 Å². The number of nitrogens with zero attached hydrogens (tertiary/aromatic N) is 3. The number of rotatable bonds is 9. The minimum atomic E-state index is -0.417. The Balaban J connectivity index is 0.000000493. The van der Waals surface area contributed by atoms with Crippen LogP contribution in [0.15, 0.2) is 42.5 Å². The maximum Gasteiger partial charge on any atom is 0.324 e. The molecule has 0 amide bonds. The summed E-state index contributed by atoms with van der Waals surface area (Å²) in [6.45, 7) is 7.98. The molecule has 2 unspecified atom stereocenters. The van der Waals surface area contributed by atoms with Crippen LogP contribution in [0.2, 0.25) is 0 Å². The molecular weight excluding hydrogens is 540 g/mol. The predicted molar refractivity (Wildman–Crippen MR) is 164 cm³/mol. The van der Waals surface area contributed by atoms with Gasteiger partial charge in [-0.1, -0.05) is 19.1 Å². The van der Waals surface area contributed by atoms with E-state index in [2.05, 4.69) is 23.3 Å². The lowest BCUT2D eigenvalue weighted by Crippen LogP contribution is -2.24. The molecule has 5 rings (SSSR count). The minimum Gasteiger partial charge on any atom is -0.496 e. The zero-order chi connectivity index (χ0) is 29.6. The molecule has 2 heterocycles. The van der Waals surface area contributed by atoms with Gasteiger partial charge in [-0.3, -0.25) is 0 Å². The zero-order valence-electron chi connectivity index (χ0n) is 25.1. The maximum absolute atomic E-state index is 6.08. The Kier molecular flexibility index (Phi) is 10.0. The number of fused-ring (bicyclic) bond motifs is 1.